The van der Waals surface area contributed by atoms with Crippen molar-refractivity contribution < 1.29 is 9.53 Å². The number of carbonyl (C=O) groups is 1. The molecule has 16 heavy (non-hydrogen) atoms. The summed E-state index contributed by atoms with van der Waals surface area (Å²) in [4.78, 5) is 12.1. The zero-order chi connectivity index (χ0) is 11.5. The summed E-state index contributed by atoms with van der Waals surface area (Å²) in [6, 6.07) is 9.35. The van der Waals surface area contributed by atoms with E-state index in [2.05, 4.69) is 13.8 Å². The second-order valence-electron chi connectivity index (χ2n) is 4.29. The SMILES string of the molecule is CC1=C(C)C[C@H](C(=O)c2ccccc2)OC1. The number of Topliss-reactive ketones (excluding diaryl/α,β-unsaturated/α-hetero) is 1. The van der Waals surface area contributed by atoms with Gasteiger partial charge in [0.25, 0.3) is 0 Å². The summed E-state index contributed by atoms with van der Waals surface area (Å²) in [6.07, 6.45) is 0.422. The fourth-order valence-corrected chi connectivity index (χ4v) is 1.82. The van der Waals surface area contributed by atoms with Crippen LogP contribution in [0.4, 0.5) is 0 Å². The Bertz CT molecular complexity index is 418. The van der Waals surface area contributed by atoms with Gasteiger partial charge >= 0.3 is 0 Å². The summed E-state index contributed by atoms with van der Waals surface area (Å²) in [7, 11) is 0. The van der Waals surface area contributed by atoms with Gasteiger partial charge in [0.05, 0.1) is 6.61 Å². The molecule has 0 amide bonds. The molecular formula is C14H16O2. The van der Waals surface area contributed by atoms with Crippen molar-refractivity contribution in [2.45, 2.75) is 26.4 Å². The fraction of sp³-hybridized carbons (Fsp3) is 0.357. The predicted octanol–water partition coefficient (Wildman–Crippen LogP) is 2.99. The van der Waals surface area contributed by atoms with Gasteiger partial charge in [-0.3, -0.25) is 4.79 Å². The maximum Gasteiger partial charge on any atom is 0.191 e. The van der Waals surface area contributed by atoms with E-state index in [0.29, 0.717) is 6.61 Å². The van der Waals surface area contributed by atoms with Gasteiger partial charge in [0.1, 0.15) is 6.10 Å². The lowest BCUT2D eigenvalue weighted by Gasteiger charge is -2.23. The Balaban J connectivity index is 2.14. The van der Waals surface area contributed by atoms with E-state index in [1.807, 2.05) is 30.3 Å². The lowest BCUT2D eigenvalue weighted by molar-refractivity contribution is 0.0434. The number of hydrogen-bond acceptors (Lipinski definition) is 2. The largest absolute Gasteiger partial charge is 0.365 e. The highest BCUT2D eigenvalue weighted by atomic mass is 16.5. The Labute approximate surface area is 95.9 Å². The van der Waals surface area contributed by atoms with Gasteiger partial charge in [-0.15, -0.1) is 0 Å². The highest BCUT2D eigenvalue weighted by Crippen LogP contribution is 2.22. The molecule has 2 heteroatoms. The van der Waals surface area contributed by atoms with Gasteiger partial charge in [-0.05, 0) is 19.4 Å². The molecule has 0 radical (unpaired) electrons. The molecule has 1 aliphatic heterocycles. The first-order valence-electron chi connectivity index (χ1n) is 5.54. The summed E-state index contributed by atoms with van der Waals surface area (Å²) >= 11 is 0. The molecule has 0 unspecified atom stereocenters. The molecular weight excluding hydrogens is 200 g/mol. The van der Waals surface area contributed by atoms with Crippen LogP contribution in [0.25, 0.3) is 0 Å². The summed E-state index contributed by atoms with van der Waals surface area (Å²) in [6.45, 7) is 4.71. The number of ketones is 1. The third-order valence-corrected chi connectivity index (χ3v) is 3.07. The van der Waals surface area contributed by atoms with E-state index in [-0.39, 0.29) is 11.9 Å². The minimum Gasteiger partial charge on any atom is -0.365 e. The summed E-state index contributed by atoms with van der Waals surface area (Å²) in [5, 5.41) is 0. The van der Waals surface area contributed by atoms with E-state index in [9.17, 15) is 4.79 Å². The van der Waals surface area contributed by atoms with Crippen molar-refractivity contribution in [1.82, 2.24) is 0 Å². The van der Waals surface area contributed by atoms with Crippen LogP contribution in [0.3, 0.4) is 0 Å². The van der Waals surface area contributed by atoms with Crippen molar-refractivity contribution in [3.05, 3.63) is 47.0 Å². The molecule has 0 saturated carbocycles. The molecule has 1 atom stereocenters. The second kappa shape index (κ2) is 4.62. The Morgan fingerprint density at radius 2 is 1.88 bits per heavy atom. The van der Waals surface area contributed by atoms with E-state index < -0.39 is 0 Å². The van der Waals surface area contributed by atoms with Crippen molar-refractivity contribution >= 4 is 5.78 Å². The average molecular weight is 216 g/mol. The molecule has 0 bridgehead atoms. The second-order valence-corrected chi connectivity index (χ2v) is 4.29. The number of ether oxygens (including phenoxy) is 1. The Morgan fingerprint density at radius 3 is 2.50 bits per heavy atom. The summed E-state index contributed by atoms with van der Waals surface area (Å²) in [5.41, 5.74) is 3.26. The molecule has 2 rings (SSSR count). The molecule has 1 aromatic carbocycles. The van der Waals surface area contributed by atoms with Crippen LogP contribution >= 0.6 is 0 Å². The molecule has 1 aromatic rings. The number of rotatable bonds is 2. The lowest BCUT2D eigenvalue weighted by atomic mass is 9.96. The molecule has 84 valence electrons. The van der Waals surface area contributed by atoms with Crippen molar-refractivity contribution in [2.24, 2.45) is 0 Å². The molecule has 0 aromatic heterocycles. The maximum absolute atomic E-state index is 12.1. The van der Waals surface area contributed by atoms with E-state index in [0.717, 1.165) is 12.0 Å². The van der Waals surface area contributed by atoms with E-state index in [1.54, 1.807) is 0 Å². The fourth-order valence-electron chi connectivity index (χ4n) is 1.82. The quantitative estimate of drug-likeness (QED) is 0.561. The predicted molar refractivity (Wildman–Crippen MR) is 63.5 cm³/mol. The Kier molecular flexibility index (Phi) is 3.20. The smallest absolute Gasteiger partial charge is 0.191 e. The van der Waals surface area contributed by atoms with Crippen molar-refractivity contribution in [3.63, 3.8) is 0 Å². The number of benzene rings is 1. The van der Waals surface area contributed by atoms with Crippen LogP contribution in [-0.4, -0.2) is 18.5 Å². The zero-order valence-electron chi connectivity index (χ0n) is 9.69. The third-order valence-electron chi connectivity index (χ3n) is 3.07. The van der Waals surface area contributed by atoms with Crippen molar-refractivity contribution in [2.75, 3.05) is 6.61 Å². The van der Waals surface area contributed by atoms with Gasteiger partial charge in [-0.2, -0.15) is 0 Å². The molecule has 0 saturated heterocycles. The molecule has 2 nitrogen and oxygen atoms in total. The van der Waals surface area contributed by atoms with Crippen LogP contribution in [0.2, 0.25) is 0 Å². The van der Waals surface area contributed by atoms with Gasteiger partial charge < -0.3 is 4.74 Å². The average Bonchev–Trinajstić information content (AvgIpc) is 2.33. The van der Waals surface area contributed by atoms with Gasteiger partial charge in [0, 0.05) is 12.0 Å². The van der Waals surface area contributed by atoms with Crippen LogP contribution in [0.1, 0.15) is 30.6 Å². The molecule has 0 spiro atoms. The molecule has 1 aliphatic rings. The van der Waals surface area contributed by atoms with E-state index >= 15 is 0 Å². The minimum atomic E-state index is -0.300. The van der Waals surface area contributed by atoms with Crippen LogP contribution in [-0.2, 0) is 4.74 Å². The van der Waals surface area contributed by atoms with Gasteiger partial charge in [0.2, 0.25) is 0 Å². The Hall–Kier alpha value is -1.41. The number of hydrogen-bond donors (Lipinski definition) is 0. The van der Waals surface area contributed by atoms with Crippen molar-refractivity contribution in [1.29, 1.82) is 0 Å². The molecule has 0 aliphatic carbocycles. The molecule has 0 fully saturated rings. The maximum atomic E-state index is 12.1. The van der Waals surface area contributed by atoms with Gasteiger partial charge in [-0.25, -0.2) is 0 Å². The zero-order valence-corrected chi connectivity index (χ0v) is 9.69. The topological polar surface area (TPSA) is 26.3 Å². The van der Waals surface area contributed by atoms with Gasteiger partial charge in [-0.1, -0.05) is 35.9 Å². The minimum absolute atomic E-state index is 0.0902. The van der Waals surface area contributed by atoms with Crippen LogP contribution in [0, 0.1) is 0 Å². The lowest BCUT2D eigenvalue weighted by Crippen LogP contribution is -2.29. The van der Waals surface area contributed by atoms with Crippen LogP contribution in [0.5, 0.6) is 0 Å². The van der Waals surface area contributed by atoms with E-state index in [1.165, 1.54) is 11.1 Å². The highest BCUT2D eigenvalue weighted by molar-refractivity contribution is 5.99. The number of carbonyl (C=O) groups excluding carboxylic acids is 1. The molecule has 1 heterocycles. The highest BCUT2D eigenvalue weighted by Gasteiger charge is 2.24. The Morgan fingerprint density at radius 1 is 1.19 bits per heavy atom. The van der Waals surface area contributed by atoms with Crippen LogP contribution in [0.15, 0.2) is 41.5 Å². The normalized spacial score (nSPS) is 21.0. The third kappa shape index (κ3) is 2.22. The monoisotopic (exact) mass is 216 g/mol. The summed E-state index contributed by atoms with van der Waals surface area (Å²) < 4.78 is 5.57. The standard InChI is InChI=1S/C14H16O2/c1-10-8-13(16-9-11(10)2)14(15)12-6-4-3-5-7-12/h3-7,13H,8-9H2,1-2H3/t13-/m1/s1. The first-order valence-corrected chi connectivity index (χ1v) is 5.54. The van der Waals surface area contributed by atoms with Crippen molar-refractivity contribution in [3.8, 4) is 0 Å². The molecule has 0 N–H and O–H groups in total. The van der Waals surface area contributed by atoms with Crippen LogP contribution < -0.4 is 0 Å². The summed E-state index contributed by atoms with van der Waals surface area (Å²) in [5.74, 6) is 0.0902. The first kappa shape index (κ1) is 11.1. The first-order chi connectivity index (χ1) is 7.68. The van der Waals surface area contributed by atoms with Gasteiger partial charge in [0.15, 0.2) is 5.78 Å². The van der Waals surface area contributed by atoms with E-state index in [4.69, 9.17) is 4.74 Å².